The molecule has 1 N–H and O–H groups in total. The smallest absolute Gasteiger partial charge is 0.155 e. The van der Waals surface area contributed by atoms with E-state index in [9.17, 15) is 9.90 Å². The van der Waals surface area contributed by atoms with Crippen molar-refractivity contribution in [2.75, 3.05) is 6.61 Å². The van der Waals surface area contributed by atoms with E-state index in [2.05, 4.69) is 6.58 Å². The zero-order valence-electron chi connectivity index (χ0n) is 10.8. The van der Waals surface area contributed by atoms with Gasteiger partial charge in [-0.05, 0) is 38.0 Å². The van der Waals surface area contributed by atoms with Gasteiger partial charge in [-0.15, -0.1) is 0 Å². The molecule has 1 aromatic carbocycles. The van der Waals surface area contributed by atoms with Gasteiger partial charge in [0, 0.05) is 6.42 Å². The van der Waals surface area contributed by atoms with Gasteiger partial charge < -0.3 is 9.84 Å². The number of rotatable bonds is 8. The lowest BCUT2D eigenvalue weighted by molar-refractivity contribution is -0.114. The van der Waals surface area contributed by atoms with Crippen LogP contribution < -0.4 is 4.74 Å². The predicted octanol–water partition coefficient (Wildman–Crippen LogP) is 2.66. The molecular formula is C15H20O3. The number of aliphatic hydroxyl groups excluding tert-OH is 1. The summed E-state index contributed by atoms with van der Waals surface area (Å²) in [5, 5.41) is 9.69. The van der Waals surface area contributed by atoms with Crippen LogP contribution >= 0.6 is 0 Å². The average Bonchev–Trinajstić information content (AvgIpc) is 2.38. The van der Waals surface area contributed by atoms with E-state index >= 15 is 0 Å². The van der Waals surface area contributed by atoms with Gasteiger partial charge in [0.2, 0.25) is 0 Å². The number of carbonyl (C=O) groups is 1. The Morgan fingerprint density at radius 1 is 1.44 bits per heavy atom. The molecule has 1 rings (SSSR count). The van der Waals surface area contributed by atoms with Crippen molar-refractivity contribution in [2.24, 2.45) is 0 Å². The maximum Gasteiger partial charge on any atom is 0.155 e. The summed E-state index contributed by atoms with van der Waals surface area (Å²) in [7, 11) is 0. The lowest BCUT2D eigenvalue weighted by atomic mass is 10.1. The standard InChI is InChI=1S/C15H20O3/c1-3-13(16)5-4-6-14(17)11-18-15-9-7-12(2)8-10-15/h3,7-10,14,17H,1,4-6,11H2,2H3. The summed E-state index contributed by atoms with van der Waals surface area (Å²) in [6.45, 7) is 5.67. The number of hydrogen-bond donors (Lipinski definition) is 1. The molecule has 0 spiro atoms. The van der Waals surface area contributed by atoms with Crippen LogP contribution in [0.5, 0.6) is 5.75 Å². The minimum absolute atomic E-state index is 0.0154. The summed E-state index contributed by atoms with van der Waals surface area (Å²) < 4.78 is 5.45. The molecule has 0 aliphatic carbocycles. The molecule has 0 aliphatic heterocycles. The fourth-order valence-electron chi connectivity index (χ4n) is 1.52. The van der Waals surface area contributed by atoms with E-state index in [1.54, 1.807) is 0 Å². The minimum Gasteiger partial charge on any atom is -0.491 e. The lowest BCUT2D eigenvalue weighted by Crippen LogP contribution is -2.17. The molecule has 0 aliphatic rings. The van der Waals surface area contributed by atoms with E-state index < -0.39 is 6.10 Å². The van der Waals surface area contributed by atoms with Gasteiger partial charge >= 0.3 is 0 Å². The van der Waals surface area contributed by atoms with Gasteiger partial charge in [-0.25, -0.2) is 0 Å². The van der Waals surface area contributed by atoms with Crippen molar-refractivity contribution in [2.45, 2.75) is 32.3 Å². The zero-order chi connectivity index (χ0) is 13.4. The van der Waals surface area contributed by atoms with Crippen LogP contribution in [0.2, 0.25) is 0 Å². The second-order valence-electron chi connectivity index (χ2n) is 4.34. The fraction of sp³-hybridized carbons (Fsp3) is 0.400. The van der Waals surface area contributed by atoms with Gasteiger partial charge in [-0.3, -0.25) is 4.79 Å². The number of aliphatic hydroxyl groups is 1. The van der Waals surface area contributed by atoms with Crippen LogP contribution in [-0.4, -0.2) is 23.6 Å². The molecule has 0 saturated carbocycles. The van der Waals surface area contributed by atoms with E-state index in [1.807, 2.05) is 31.2 Å². The first-order valence-corrected chi connectivity index (χ1v) is 6.14. The summed E-state index contributed by atoms with van der Waals surface area (Å²) in [5.74, 6) is 0.767. The second kappa shape index (κ2) is 7.67. The maximum atomic E-state index is 11.0. The number of allylic oxidation sites excluding steroid dienone is 1. The zero-order valence-corrected chi connectivity index (χ0v) is 10.8. The minimum atomic E-state index is -0.538. The Bertz CT molecular complexity index is 381. The molecule has 0 amide bonds. The molecule has 0 saturated heterocycles. The number of ether oxygens (including phenoxy) is 1. The van der Waals surface area contributed by atoms with Gasteiger partial charge in [0.1, 0.15) is 12.4 Å². The number of hydrogen-bond acceptors (Lipinski definition) is 3. The van der Waals surface area contributed by atoms with Crippen LogP contribution in [0, 0.1) is 6.92 Å². The first-order valence-electron chi connectivity index (χ1n) is 6.14. The first kappa shape index (κ1) is 14.5. The summed E-state index contributed by atoms with van der Waals surface area (Å²) in [6, 6.07) is 7.68. The fourth-order valence-corrected chi connectivity index (χ4v) is 1.52. The van der Waals surface area contributed by atoms with Gasteiger partial charge in [0.25, 0.3) is 0 Å². The molecule has 1 aromatic rings. The lowest BCUT2D eigenvalue weighted by Gasteiger charge is -2.12. The van der Waals surface area contributed by atoms with Crippen molar-refractivity contribution in [3.05, 3.63) is 42.5 Å². The summed E-state index contributed by atoms with van der Waals surface area (Å²) in [4.78, 5) is 11.0. The number of carbonyl (C=O) groups excluding carboxylic acids is 1. The van der Waals surface area contributed by atoms with Crippen LogP contribution in [0.15, 0.2) is 36.9 Å². The normalized spacial score (nSPS) is 11.9. The highest BCUT2D eigenvalue weighted by Gasteiger charge is 2.06. The third-order valence-corrected chi connectivity index (χ3v) is 2.65. The summed E-state index contributed by atoms with van der Waals surface area (Å²) in [5.41, 5.74) is 1.17. The number of benzene rings is 1. The van der Waals surface area contributed by atoms with Crippen molar-refractivity contribution in [3.8, 4) is 5.75 Å². The summed E-state index contributed by atoms with van der Waals surface area (Å²) in [6.07, 6.45) is 2.43. The Kier molecular flexibility index (Phi) is 6.15. The third-order valence-electron chi connectivity index (χ3n) is 2.65. The van der Waals surface area contributed by atoms with E-state index in [0.29, 0.717) is 19.3 Å². The topological polar surface area (TPSA) is 46.5 Å². The Hall–Kier alpha value is -1.61. The molecule has 0 aromatic heterocycles. The van der Waals surface area contributed by atoms with Crippen LogP contribution in [0.25, 0.3) is 0 Å². The van der Waals surface area contributed by atoms with Gasteiger partial charge in [0.05, 0.1) is 6.10 Å². The van der Waals surface area contributed by atoms with Crippen LogP contribution in [0.4, 0.5) is 0 Å². The maximum absolute atomic E-state index is 11.0. The Labute approximate surface area is 108 Å². The molecule has 18 heavy (non-hydrogen) atoms. The first-order chi connectivity index (χ1) is 8.61. The van der Waals surface area contributed by atoms with Gasteiger partial charge in [-0.2, -0.15) is 0 Å². The van der Waals surface area contributed by atoms with Crippen LogP contribution in [0.1, 0.15) is 24.8 Å². The molecule has 1 atom stereocenters. The van der Waals surface area contributed by atoms with Crippen molar-refractivity contribution < 1.29 is 14.6 Å². The second-order valence-corrected chi connectivity index (χ2v) is 4.34. The molecule has 0 fully saturated rings. The highest BCUT2D eigenvalue weighted by Crippen LogP contribution is 2.12. The largest absolute Gasteiger partial charge is 0.491 e. The molecular weight excluding hydrogens is 228 g/mol. The molecule has 0 radical (unpaired) electrons. The SMILES string of the molecule is C=CC(=O)CCCC(O)COc1ccc(C)cc1. The Morgan fingerprint density at radius 2 is 2.11 bits per heavy atom. The molecule has 1 unspecified atom stereocenters. The third kappa shape index (κ3) is 5.64. The Morgan fingerprint density at radius 3 is 2.72 bits per heavy atom. The van der Waals surface area contributed by atoms with Crippen LogP contribution in [0.3, 0.4) is 0 Å². The van der Waals surface area contributed by atoms with Crippen molar-refractivity contribution in [1.29, 1.82) is 0 Å². The molecule has 3 nitrogen and oxygen atoms in total. The highest BCUT2D eigenvalue weighted by molar-refractivity contribution is 5.88. The number of aryl methyl sites for hydroxylation is 1. The molecule has 0 bridgehead atoms. The van der Waals surface area contributed by atoms with Crippen molar-refractivity contribution >= 4 is 5.78 Å². The van der Waals surface area contributed by atoms with E-state index in [-0.39, 0.29) is 12.4 Å². The quantitative estimate of drug-likeness (QED) is 0.719. The van der Waals surface area contributed by atoms with Gasteiger partial charge in [-0.1, -0.05) is 24.3 Å². The summed E-state index contributed by atoms with van der Waals surface area (Å²) >= 11 is 0. The Balaban J connectivity index is 2.20. The van der Waals surface area contributed by atoms with Crippen molar-refractivity contribution in [3.63, 3.8) is 0 Å². The number of ketones is 1. The van der Waals surface area contributed by atoms with Crippen LogP contribution in [-0.2, 0) is 4.79 Å². The van der Waals surface area contributed by atoms with E-state index in [4.69, 9.17) is 4.74 Å². The van der Waals surface area contributed by atoms with Crippen molar-refractivity contribution in [1.82, 2.24) is 0 Å². The molecule has 3 heteroatoms. The molecule has 98 valence electrons. The van der Waals surface area contributed by atoms with Gasteiger partial charge in [0.15, 0.2) is 5.78 Å². The van der Waals surface area contributed by atoms with E-state index in [0.717, 1.165) is 5.75 Å². The average molecular weight is 248 g/mol. The highest BCUT2D eigenvalue weighted by atomic mass is 16.5. The monoisotopic (exact) mass is 248 g/mol. The predicted molar refractivity (Wildman–Crippen MR) is 71.7 cm³/mol. The van der Waals surface area contributed by atoms with E-state index in [1.165, 1.54) is 11.6 Å². The molecule has 0 heterocycles.